The fourth-order valence-electron chi connectivity index (χ4n) is 1.07. The van der Waals surface area contributed by atoms with E-state index in [4.69, 9.17) is 5.26 Å². The van der Waals surface area contributed by atoms with Gasteiger partial charge in [0.15, 0.2) is 6.19 Å². The summed E-state index contributed by atoms with van der Waals surface area (Å²) in [5.74, 6) is -0.223. The van der Waals surface area contributed by atoms with E-state index in [1.54, 1.807) is 19.2 Å². The molecule has 0 radical (unpaired) electrons. The molecule has 0 aliphatic carbocycles. The molecule has 0 saturated heterocycles. The minimum Gasteiger partial charge on any atom is -0.313 e. The third kappa shape index (κ3) is 3.00. The van der Waals surface area contributed by atoms with Gasteiger partial charge in [-0.05, 0) is 30.2 Å². The highest BCUT2D eigenvalue weighted by molar-refractivity contribution is 9.10. The molecule has 4 heteroatoms. The minimum absolute atomic E-state index is 0.223. The van der Waals surface area contributed by atoms with Crippen LogP contribution < -0.4 is 0 Å². The van der Waals surface area contributed by atoms with Gasteiger partial charge in [0.2, 0.25) is 0 Å². The maximum Gasteiger partial charge on any atom is 0.179 e. The van der Waals surface area contributed by atoms with Gasteiger partial charge in [0.1, 0.15) is 5.82 Å². The Bertz CT molecular complexity index is 360. The van der Waals surface area contributed by atoms with Gasteiger partial charge >= 0.3 is 0 Å². The van der Waals surface area contributed by atoms with Crippen LogP contribution in [-0.4, -0.2) is 18.5 Å². The second-order valence-corrected chi connectivity index (χ2v) is 3.92. The molecule has 0 heterocycles. The number of rotatable bonds is 3. The first-order valence-electron chi connectivity index (χ1n) is 4.18. The van der Waals surface area contributed by atoms with Crippen LogP contribution in [0.2, 0.25) is 0 Å². The normalized spacial score (nSPS) is 9.57. The average molecular weight is 257 g/mol. The third-order valence-electron chi connectivity index (χ3n) is 1.90. The first-order valence-corrected chi connectivity index (χ1v) is 4.97. The summed E-state index contributed by atoms with van der Waals surface area (Å²) in [4.78, 5) is 1.47. The predicted molar refractivity (Wildman–Crippen MR) is 56.0 cm³/mol. The van der Waals surface area contributed by atoms with E-state index in [2.05, 4.69) is 15.9 Å². The summed E-state index contributed by atoms with van der Waals surface area (Å²) in [5.41, 5.74) is 0.626. The van der Waals surface area contributed by atoms with E-state index >= 15 is 0 Å². The molecule has 0 spiro atoms. The Hall–Kier alpha value is -1.08. The van der Waals surface area contributed by atoms with Gasteiger partial charge in [-0.2, -0.15) is 5.26 Å². The number of nitriles is 1. The highest BCUT2D eigenvalue weighted by Crippen LogP contribution is 2.15. The topological polar surface area (TPSA) is 27.0 Å². The van der Waals surface area contributed by atoms with Crippen molar-refractivity contribution in [3.8, 4) is 6.19 Å². The molecule has 0 aliphatic heterocycles. The third-order valence-corrected chi connectivity index (χ3v) is 2.39. The highest BCUT2D eigenvalue weighted by atomic mass is 79.9. The van der Waals surface area contributed by atoms with Gasteiger partial charge in [-0.3, -0.25) is 0 Å². The van der Waals surface area contributed by atoms with Gasteiger partial charge < -0.3 is 4.90 Å². The lowest BCUT2D eigenvalue weighted by atomic mass is 10.1. The van der Waals surface area contributed by atoms with Crippen molar-refractivity contribution in [2.24, 2.45) is 0 Å². The first kappa shape index (κ1) is 11.0. The summed E-state index contributed by atoms with van der Waals surface area (Å²) < 4.78 is 14.1. The molecule has 0 unspecified atom stereocenters. The minimum atomic E-state index is -0.223. The maximum absolute atomic E-state index is 13.2. The van der Waals surface area contributed by atoms with Crippen molar-refractivity contribution in [3.63, 3.8) is 0 Å². The molecular weight excluding hydrogens is 247 g/mol. The molecule has 2 nitrogen and oxygen atoms in total. The van der Waals surface area contributed by atoms with Crippen LogP contribution in [-0.2, 0) is 6.42 Å². The Labute approximate surface area is 91.1 Å². The molecule has 14 heavy (non-hydrogen) atoms. The second-order valence-electron chi connectivity index (χ2n) is 3.01. The zero-order valence-electron chi connectivity index (χ0n) is 7.80. The molecule has 0 saturated carbocycles. The van der Waals surface area contributed by atoms with E-state index < -0.39 is 0 Å². The molecule has 0 aromatic heterocycles. The SMILES string of the molecule is CN(C#N)CCc1cc(Br)ccc1F. The molecule has 74 valence electrons. The summed E-state index contributed by atoms with van der Waals surface area (Å²) in [6.07, 6.45) is 2.51. The van der Waals surface area contributed by atoms with Crippen molar-refractivity contribution < 1.29 is 4.39 Å². The van der Waals surface area contributed by atoms with Gasteiger partial charge in [0, 0.05) is 18.1 Å². The summed E-state index contributed by atoms with van der Waals surface area (Å²) in [6, 6.07) is 4.82. The van der Waals surface area contributed by atoms with Crippen molar-refractivity contribution in [2.45, 2.75) is 6.42 Å². The molecule has 0 amide bonds. The second kappa shape index (κ2) is 4.97. The van der Waals surface area contributed by atoms with Gasteiger partial charge in [-0.25, -0.2) is 4.39 Å². The monoisotopic (exact) mass is 256 g/mol. The molecule has 0 fully saturated rings. The molecule has 1 aromatic carbocycles. The lowest BCUT2D eigenvalue weighted by molar-refractivity contribution is 0.471. The molecule has 1 aromatic rings. The van der Waals surface area contributed by atoms with Gasteiger partial charge in [0.05, 0.1) is 0 Å². The Morgan fingerprint density at radius 3 is 2.93 bits per heavy atom. The van der Waals surface area contributed by atoms with E-state index in [0.29, 0.717) is 18.5 Å². The Morgan fingerprint density at radius 1 is 1.57 bits per heavy atom. The Morgan fingerprint density at radius 2 is 2.29 bits per heavy atom. The highest BCUT2D eigenvalue weighted by Gasteiger charge is 2.03. The average Bonchev–Trinajstić information content (AvgIpc) is 2.19. The Kier molecular flexibility index (Phi) is 3.90. The van der Waals surface area contributed by atoms with Crippen LogP contribution in [0.5, 0.6) is 0 Å². The van der Waals surface area contributed by atoms with Crippen LogP contribution in [0.25, 0.3) is 0 Å². The fourth-order valence-corrected chi connectivity index (χ4v) is 1.48. The first-order chi connectivity index (χ1) is 6.63. The number of hydrogen-bond acceptors (Lipinski definition) is 2. The molecule has 0 bridgehead atoms. The van der Waals surface area contributed by atoms with Crippen molar-refractivity contribution >= 4 is 15.9 Å². The number of halogens is 2. The van der Waals surface area contributed by atoms with Crippen LogP contribution in [0.15, 0.2) is 22.7 Å². The zero-order valence-corrected chi connectivity index (χ0v) is 9.38. The van der Waals surface area contributed by atoms with Gasteiger partial charge in [0.25, 0.3) is 0 Å². The number of benzene rings is 1. The number of hydrogen-bond donors (Lipinski definition) is 0. The quantitative estimate of drug-likeness (QED) is 0.614. The Balaban J connectivity index is 2.67. The van der Waals surface area contributed by atoms with Crippen molar-refractivity contribution in [3.05, 3.63) is 34.1 Å². The zero-order chi connectivity index (χ0) is 10.6. The van der Waals surface area contributed by atoms with Crippen molar-refractivity contribution in [1.82, 2.24) is 4.90 Å². The van der Waals surface area contributed by atoms with Crippen molar-refractivity contribution in [2.75, 3.05) is 13.6 Å². The summed E-state index contributed by atoms with van der Waals surface area (Å²) in [6.45, 7) is 0.532. The number of likely N-dealkylation sites (N-methyl/N-ethyl adjacent to an activating group) is 1. The number of nitrogens with zero attached hydrogens (tertiary/aromatic N) is 2. The summed E-state index contributed by atoms with van der Waals surface area (Å²) >= 11 is 3.28. The summed E-state index contributed by atoms with van der Waals surface area (Å²) in [5, 5.41) is 8.51. The molecule has 1 rings (SSSR count). The van der Waals surface area contributed by atoms with Crippen LogP contribution in [0.3, 0.4) is 0 Å². The predicted octanol–water partition coefficient (Wildman–Crippen LogP) is 2.54. The molecular formula is C10H10BrFN2. The van der Waals surface area contributed by atoms with Gasteiger partial charge in [-0.1, -0.05) is 15.9 Å². The lowest BCUT2D eigenvalue weighted by Crippen LogP contribution is -2.15. The smallest absolute Gasteiger partial charge is 0.179 e. The molecule has 0 N–H and O–H groups in total. The maximum atomic E-state index is 13.2. The summed E-state index contributed by atoms with van der Waals surface area (Å²) in [7, 11) is 1.68. The van der Waals surface area contributed by atoms with Crippen molar-refractivity contribution in [1.29, 1.82) is 5.26 Å². The van der Waals surface area contributed by atoms with Gasteiger partial charge in [-0.15, -0.1) is 0 Å². The fraction of sp³-hybridized carbons (Fsp3) is 0.300. The van der Waals surface area contributed by atoms with E-state index in [1.807, 2.05) is 6.19 Å². The molecule has 0 atom stereocenters. The molecule has 0 aliphatic rings. The van der Waals surface area contributed by atoms with Crippen LogP contribution in [0.1, 0.15) is 5.56 Å². The van der Waals surface area contributed by atoms with Crippen LogP contribution in [0.4, 0.5) is 4.39 Å². The van der Waals surface area contributed by atoms with E-state index in [0.717, 1.165) is 4.47 Å². The van der Waals surface area contributed by atoms with Crippen LogP contribution in [0, 0.1) is 17.3 Å². The standard InChI is InChI=1S/C10H10BrFN2/c1-14(7-13)5-4-8-6-9(11)2-3-10(8)12/h2-3,6H,4-5H2,1H3. The lowest BCUT2D eigenvalue weighted by Gasteiger charge is -2.09. The van der Waals surface area contributed by atoms with Crippen LogP contribution >= 0.6 is 15.9 Å². The van der Waals surface area contributed by atoms with E-state index in [-0.39, 0.29) is 5.82 Å². The van der Waals surface area contributed by atoms with E-state index in [1.165, 1.54) is 11.0 Å². The van der Waals surface area contributed by atoms with E-state index in [9.17, 15) is 4.39 Å². The largest absolute Gasteiger partial charge is 0.313 e.